The maximum atomic E-state index is 11.5. The number of carbonyl (C=O) groups excluding carboxylic acids is 1. The van der Waals surface area contributed by atoms with E-state index in [1.807, 2.05) is 0 Å². The Morgan fingerprint density at radius 3 is 2.31 bits per heavy atom. The molecule has 0 spiro atoms. The number of ether oxygens (including phenoxy) is 2. The average molecular weight is 200 g/mol. The molecule has 0 aliphatic heterocycles. The van der Waals surface area contributed by atoms with E-state index in [9.17, 15) is 18.0 Å². The Morgan fingerprint density at radius 2 is 1.92 bits per heavy atom. The van der Waals surface area contributed by atoms with Gasteiger partial charge >= 0.3 is 12.3 Å². The molecular weight excluding hydrogens is 189 g/mol. The van der Waals surface area contributed by atoms with Crippen LogP contribution >= 0.6 is 0 Å². The molecule has 0 atom stereocenters. The molecule has 0 aromatic heterocycles. The smallest absolute Gasteiger partial charge is 0.434 e. The molecule has 0 amide bonds. The Morgan fingerprint density at radius 1 is 1.38 bits per heavy atom. The van der Waals surface area contributed by atoms with E-state index < -0.39 is 31.5 Å². The zero-order valence-electron chi connectivity index (χ0n) is 7.35. The van der Waals surface area contributed by atoms with Crippen molar-refractivity contribution in [2.45, 2.75) is 32.5 Å². The summed E-state index contributed by atoms with van der Waals surface area (Å²) in [5.41, 5.74) is 0. The van der Waals surface area contributed by atoms with Crippen molar-refractivity contribution in [2.24, 2.45) is 0 Å². The van der Waals surface area contributed by atoms with E-state index in [4.69, 9.17) is 0 Å². The fraction of sp³-hybridized carbons (Fsp3) is 0.857. The first-order chi connectivity index (χ1) is 5.81. The van der Waals surface area contributed by atoms with Gasteiger partial charge in [0.05, 0.1) is 12.5 Å². The van der Waals surface area contributed by atoms with Crippen molar-refractivity contribution >= 4 is 6.16 Å². The number of rotatable bonds is 3. The molecule has 0 rings (SSSR count). The molecule has 78 valence electrons. The van der Waals surface area contributed by atoms with Gasteiger partial charge in [0.15, 0.2) is 0 Å². The summed E-state index contributed by atoms with van der Waals surface area (Å²) in [5.74, 6) is 0. The molecule has 13 heavy (non-hydrogen) atoms. The predicted octanol–water partition coefficient (Wildman–Crippen LogP) is 2.50. The molecular formula is C7H11F3O3. The van der Waals surface area contributed by atoms with Crippen molar-refractivity contribution in [1.82, 2.24) is 0 Å². The van der Waals surface area contributed by atoms with Crippen LogP contribution in [0.1, 0.15) is 20.3 Å². The summed E-state index contributed by atoms with van der Waals surface area (Å²) in [6.07, 6.45) is -6.92. The third-order valence-corrected chi connectivity index (χ3v) is 0.937. The molecule has 0 saturated heterocycles. The summed E-state index contributed by atoms with van der Waals surface area (Å²) < 4.78 is 43.2. The van der Waals surface area contributed by atoms with E-state index in [1.54, 1.807) is 13.8 Å². The third-order valence-electron chi connectivity index (χ3n) is 0.937. The van der Waals surface area contributed by atoms with Crippen molar-refractivity contribution in [1.29, 1.82) is 0 Å². The van der Waals surface area contributed by atoms with Crippen molar-refractivity contribution in [2.75, 3.05) is 6.61 Å². The molecule has 0 aromatic rings. The van der Waals surface area contributed by atoms with Gasteiger partial charge < -0.3 is 9.47 Å². The van der Waals surface area contributed by atoms with Gasteiger partial charge in [0.2, 0.25) is 0 Å². The minimum atomic E-state index is -4.31. The highest BCUT2D eigenvalue weighted by molar-refractivity contribution is 5.59. The summed E-state index contributed by atoms with van der Waals surface area (Å²) in [6, 6.07) is 0. The zero-order chi connectivity index (χ0) is 10.5. The van der Waals surface area contributed by atoms with Crippen LogP contribution in [-0.2, 0) is 9.47 Å². The van der Waals surface area contributed by atoms with E-state index in [0.717, 1.165) is 0 Å². The minimum Gasteiger partial charge on any atom is -0.434 e. The SMILES string of the molecule is CC(C)OC(=O)OCCC(F)(F)F. The molecule has 0 heterocycles. The second-order valence-corrected chi connectivity index (χ2v) is 2.63. The van der Waals surface area contributed by atoms with Crippen LogP contribution in [0.3, 0.4) is 0 Å². The minimum absolute atomic E-state index is 0.390. The molecule has 0 aliphatic rings. The molecule has 0 aliphatic carbocycles. The normalized spacial score (nSPS) is 11.5. The fourth-order valence-corrected chi connectivity index (χ4v) is 0.477. The van der Waals surface area contributed by atoms with Gasteiger partial charge in [-0.2, -0.15) is 13.2 Å². The molecule has 0 N–H and O–H groups in total. The summed E-state index contributed by atoms with van der Waals surface area (Å²) in [7, 11) is 0. The van der Waals surface area contributed by atoms with Crippen LogP contribution in [-0.4, -0.2) is 25.0 Å². The number of hydrogen-bond acceptors (Lipinski definition) is 3. The first kappa shape index (κ1) is 12.1. The van der Waals surface area contributed by atoms with E-state index in [0.29, 0.717) is 0 Å². The lowest BCUT2D eigenvalue weighted by molar-refractivity contribution is -0.142. The second kappa shape index (κ2) is 4.94. The maximum absolute atomic E-state index is 11.5. The summed E-state index contributed by atoms with van der Waals surface area (Å²) >= 11 is 0. The summed E-state index contributed by atoms with van der Waals surface area (Å²) in [4.78, 5) is 10.5. The van der Waals surface area contributed by atoms with Crippen molar-refractivity contribution in [3.05, 3.63) is 0 Å². The lowest BCUT2D eigenvalue weighted by atomic mass is 10.4. The largest absolute Gasteiger partial charge is 0.508 e. The molecule has 0 aromatic carbocycles. The predicted molar refractivity (Wildman–Crippen MR) is 38.2 cm³/mol. The van der Waals surface area contributed by atoms with Gasteiger partial charge in [0.1, 0.15) is 6.61 Å². The average Bonchev–Trinajstić information content (AvgIpc) is 1.81. The molecule has 0 bridgehead atoms. The van der Waals surface area contributed by atoms with Crippen molar-refractivity contribution in [3.8, 4) is 0 Å². The quantitative estimate of drug-likeness (QED) is 0.656. The number of alkyl halides is 3. The number of halogens is 3. The van der Waals surface area contributed by atoms with Crippen molar-refractivity contribution in [3.63, 3.8) is 0 Å². The molecule has 0 saturated carbocycles. The second-order valence-electron chi connectivity index (χ2n) is 2.63. The Hall–Kier alpha value is -0.940. The Bertz CT molecular complexity index is 165. The van der Waals surface area contributed by atoms with Crippen LogP contribution in [0.15, 0.2) is 0 Å². The van der Waals surface area contributed by atoms with Gasteiger partial charge in [-0.05, 0) is 13.8 Å². The highest BCUT2D eigenvalue weighted by atomic mass is 19.4. The summed E-state index contributed by atoms with van der Waals surface area (Å²) in [6.45, 7) is 2.45. The topological polar surface area (TPSA) is 35.5 Å². The monoisotopic (exact) mass is 200 g/mol. The molecule has 0 radical (unpaired) electrons. The lowest BCUT2D eigenvalue weighted by Gasteiger charge is -2.09. The van der Waals surface area contributed by atoms with E-state index in [2.05, 4.69) is 9.47 Å². The first-order valence-corrected chi connectivity index (χ1v) is 3.71. The van der Waals surface area contributed by atoms with Crippen LogP contribution in [0, 0.1) is 0 Å². The Labute approximate surface area is 73.8 Å². The van der Waals surface area contributed by atoms with Crippen LogP contribution in [0.4, 0.5) is 18.0 Å². The van der Waals surface area contributed by atoms with Gasteiger partial charge in [0.25, 0.3) is 0 Å². The van der Waals surface area contributed by atoms with Crippen LogP contribution in [0.5, 0.6) is 0 Å². The highest BCUT2D eigenvalue weighted by Crippen LogP contribution is 2.19. The van der Waals surface area contributed by atoms with Crippen LogP contribution < -0.4 is 0 Å². The van der Waals surface area contributed by atoms with Gasteiger partial charge in [-0.15, -0.1) is 0 Å². The standard InChI is InChI=1S/C7H11F3O3/c1-5(2)13-6(11)12-4-3-7(8,9)10/h5H,3-4H2,1-2H3. The first-order valence-electron chi connectivity index (χ1n) is 3.71. The van der Waals surface area contributed by atoms with Crippen LogP contribution in [0.2, 0.25) is 0 Å². The maximum Gasteiger partial charge on any atom is 0.508 e. The molecule has 3 nitrogen and oxygen atoms in total. The Balaban J connectivity index is 3.49. The van der Waals surface area contributed by atoms with Crippen LogP contribution in [0.25, 0.3) is 0 Å². The third kappa shape index (κ3) is 8.97. The molecule has 6 heteroatoms. The number of hydrogen-bond donors (Lipinski definition) is 0. The Kier molecular flexibility index (Phi) is 4.58. The number of carbonyl (C=O) groups is 1. The lowest BCUT2D eigenvalue weighted by Crippen LogP contribution is -2.17. The van der Waals surface area contributed by atoms with Gasteiger partial charge in [-0.1, -0.05) is 0 Å². The summed E-state index contributed by atoms with van der Waals surface area (Å²) in [5, 5.41) is 0. The van der Waals surface area contributed by atoms with Gasteiger partial charge in [0, 0.05) is 0 Å². The fourth-order valence-electron chi connectivity index (χ4n) is 0.477. The highest BCUT2D eigenvalue weighted by Gasteiger charge is 2.27. The van der Waals surface area contributed by atoms with Gasteiger partial charge in [-0.25, -0.2) is 4.79 Å². The zero-order valence-corrected chi connectivity index (χ0v) is 7.35. The van der Waals surface area contributed by atoms with E-state index >= 15 is 0 Å². The van der Waals surface area contributed by atoms with E-state index in [1.165, 1.54) is 0 Å². The van der Waals surface area contributed by atoms with E-state index in [-0.39, 0.29) is 0 Å². The van der Waals surface area contributed by atoms with Gasteiger partial charge in [-0.3, -0.25) is 0 Å². The molecule has 0 fully saturated rings. The molecule has 0 unspecified atom stereocenters. The van der Waals surface area contributed by atoms with Crippen molar-refractivity contribution < 1.29 is 27.4 Å².